The molecule has 5 heteroatoms. The minimum absolute atomic E-state index is 0.102. The van der Waals surface area contributed by atoms with Crippen molar-refractivity contribution in [1.82, 2.24) is 9.80 Å². The molecule has 2 aromatic carbocycles. The van der Waals surface area contributed by atoms with Crippen LogP contribution in [-0.2, 0) is 11.2 Å². The van der Waals surface area contributed by atoms with Crippen LogP contribution in [-0.4, -0.2) is 47.9 Å². The molecule has 0 radical (unpaired) electrons. The lowest BCUT2D eigenvalue weighted by atomic mass is 10.1. The van der Waals surface area contributed by atoms with E-state index in [2.05, 4.69) is 5.32 Å². The van der Waals surface area contributed by atoms with E-state index in [-0.39, 0.29) is 11.9 Å². The summed E-state index contributed by atoms with van der Waals surface area (Å²) in [5.41, 5.74) is 1.97. The third kappa shape index (κ3) is 5.09. The molecule has 0 aliphatic carbocycles. The van der Waals surface area contributed by atoms with Crippen molar-refractivity contribution >= 4 is 17.6 Å². The van der Waals surface area contributed by atoms with Gasteiger partial charge in [0.2, 0.25) is 5.91 Å². The summed E-state index contributed by atoms with van der Waals surface area (Å²) in [5.74, 6) is 0.166. The maximum absolute atomic E-state index is 12.5. The van der Waals surface area contributed by atoms with Crippen LogP contribution in [0.2, 0.25) is 0 Å². The van der Waals surface area contributed by atoms with Gasteiger partial charge in [-0.2, -0.15) is 0 Å². The zero-order valence-corrected chi connectivity index (χ0v) is 14.9. The molecule has 2 aromatic rings. The molecule has 1 aliphatic heterocycles. The standard InChI is InChI=1S/C21H25N3O2/c25-20(13-12-18-8-3-1-4-9-18)23-14-7-15-24(17-16-23)21(26)22-19-10-5-2-6-11-19/h1-6,8-11H,7,12-17H2,(H,22,26). The largest absolute Gasteiger partial charge is 0.341 e. The van der Waals surface area contributed by atoms with Crippen LogP contribution in [0.5, 0.6) is 0 Å². The second-order valence-corrected chi connectivity index (χ2v) is 6.50. The van der Waals surface area contributed by atoms with Crippen molar-refractivity contribution in [2.24, 2.45) is 0 Å². The van der Waals surface area contributed by atoms with Gasteiger partial charge in [0, 0.05) is 38.3 Å². The number of amides is 3. The van der Waals surface area contributed by atoms with E-state index in [1.807, 2.05) is 65.6 Å². The van der Waals surface area contributed by atoms with Gasteiger partial charge in [-0.1, -0.05) is 48.5 Å². The Bertz CT molecular complexity index is 719. The van der Waals surface area contributed by atoms with Gasteiger partial charge in [-0.15, -0.1) is 0 Å². The maximum atomic E-state index is 12.5. The molecule has 1 heterocycles. The number of benzene rings is 2. The average molecular weight is 351 g/mol. The second-order valence-electron chi connectivity index (χ2n) is 6.50. The molecule has 0 aromatic heterocycles. The maximum Gasteiger partial charge on any atom is 0.321 e. The van der Waals surface area contributed by atoms with Crippen molar-refractivity contribution in [3.63, 3.8) is 0 Å². The van der Waals surface area contributed by atoms with Crippen molar-refractivity contribution in [3.05, 3.63) is 66.2 Å². The number of para-hydroxylation sites is 1. The average Bonchev–Trinajstić information content (AvgIpc) is 2.94. The summed E-state index contributed by atoms with van der Waals surface area (Å²) >= 11 is 0. The van der Waals surface area contributed by atoms with E-state index < -0.39 is 0 Å². The molecule has 1 saturated heterocycles. The van der Waals surface area contributed by atoms with Gasteiger partial charge in [0.05, 0.1) is 0 Å². The van der Waals surface area contributed by atoms with Crippen molar-refractivity contribution in [1.29, 1.82) is 0 Å². The number of carbonyl (C=O) groups excluding carboxylic acids is 2. The molecule has 1 fully saturated rings. The Morgan fingerprint density at radius 1 is 0.808 bits per heavy atom. The lowest BCUT2D eigenvalue weighted by Gasteiger charge is -2.22. The minimum Gasteiger partial charge on any atom is -0.341 e. The predicted octanol–water partition coefficient (Wildman–Crippen LogP) is 3.39. The van der Waals surface area contributed by atoms with Crippen LogP contribution in [0.1, 0.15) is 18.4 Å². The zero-order valence-electron chi connectivity index (χ0n) is 14.9. The van der Waals surface area contributed by atoms with Gasteiger partial charge in [0.1, 0.15) is 0 Å². The SMILES string of the molecule is O=C(CCc1ccccc1)N1CCCN(C(=O)Nc2ccccc2)CC1. The summed E-state index contributed by atoms with van der Waals surface area (Å²) in [6.07, 6.45) is 2.08. The third-order valence-corrected chi connectivity index (χ3v) is 4.63. The van der Waals surface area contributed by atoms with Crippen molar-refractivity contribution < 1.29 is 9.59 Å². The number of hydrogen-bond acceptors (Lipinski definition) is 2. The number of rotatable bonds is 4. The predicted molar refractivity (Wildman–Crippen MR) is 103 cm³/mol. The highest BCUT2D eigenvalue weighted by Crippen LogP contribution is 2.11. The lowest BCUT2D eigenvalue weighted by Crippen LogP contribution is -2.39. The second kappa shape index (κ2) is 9.04. The summed E-state index contributed by atoms with van der Waals surface area (Å²) in [5, 5.41) is 2.91. The van der Waals surface area contributed by atoms with Gasteiger partial charge < -0.3 is 15.1 Å². The number of urea groups is 1. The number of anilines is 1. The molecule has 1 N–H and O–H groups in total. The number of aryl methyl sites for hydroxylation is 1. The molecular weight excluding hydrogens is 326 g/mol. The smallest absolute Gasteiger partial charge is 0.321 e. The Morgan fingerprint density at radius 3 is 2.15 bits per heavy atom. The van der Waals surface area contributed by atoms with Gasteiger partial charge in [0.15, 0.2) is 0 Å². The van der Waals surface area contributed by atoms with Crippen LogP contribution in [0.25, 0.3) is 0 Å². The van der Waals surface area contributed by atoms with Crippen LogP contribution in [0, 0.1) is 0 Å². The molecule has 26 heavy (non-hydrogen) atoms. The van der Waals surface area contributed by atoms with Crippen LogP contribution >= 0.6 is 0 Å². The van der Waals surface area contributed by atoms with E-state index >= 15 is 0 Å². The molecule has 5 nitrogen and oxygen atoms in total. The number of carbonyl (C=O) groups is 2. The molecule has 0 unspecified atom stereocenters. The van der Waals surface area contributed by atoms with Crippen LogP contribution in [0.15, 0.2) is 60.7 Å². The molecule has 0 saturated carbocycles. The van der Waals surface area contributed by atoms with Crippen LogP contribution in [0.3, 0.4) is 0 Å². The van der Waals surface area contributed by atoms with E-state index in [9.17, 15) is 9.59 Å². The molecule has 1 aliphatic rings. The Morgan fingerprint density at radius 2 is 1.42 bits per heavy atom. The van der Waals surface area contributed by atoms with E-state index in [0.29, 0.717) is 32.6 Å². The molecule has 3 amide bonds. The first-order valence-corrected chi connectivity index (χ1v) is 9.15. The quantitative estimate of drug-likeness (QED) is 0.918. The topological polar surface area (TPSA) is 52.7 Å². The first kappa shape index (κ1) is 18.0. The summed E-state index contributed by atoms with van der Waals surface area (Å²) in [6.45, 7) is 2.54. The fourth-order valence-electron chi connectivity index (χ4n) is 3.15. The Hall–Kier alpha value is -2.82. The molecule has 0 bridgehead atoms. The van der Waals surface area contributed by atoms with Gasteiger partial charge in [-0.05, 0) is 30.5 Å². The molecule has 3 rings (SSSR count). The Balaban J connectivity index is 1.48. The highest BCUT2D eigenvalue weighted by Gasteiger charge is 2.21. The fourth-order valence-corrected chi connectivity index (χ4v) is 3.15. The van der Waals surface area contributed by atoms with E-state index in [0.717, 1.165) is 18.5 Å². The summed E-state index contributed by atoms with van der Waals surface area (Å²) in [4.78, 5) is 28.6. The summed E-state index contributed by atoms with van der Waals surface area (Å²) in [7, 11) is 0. The highest BCUT2D eigenvalue weighted by molar-refractivity contribution is 5.89. The van der Waals surface area contributed by atoms with E-state index in [1.54, 1.807) is 4.90 Å². The fraction of sp³-hybridized carbons (Fsp3) is 0.333. The van der Waals surface area contributed by atoms with E-state index in [4.69, 9.17) is 0 Å². The van der Waals surface area contributed by atoms with Crippen molar-refractivity contribution in [3.8, 4) is 0 Å². The molecular formula is C21H25N3O2. The first-order chi connectivity index (χ1) is 12.7. The van der Waals surface area contributed by atoms with Crippen LogP contribution in [0.4, 0.5) is 10.5 Å². The Kier molecular flexibility index (Phi) is 6.25. The zero-order chi connectivity index (χ0) is 18.2. The van der Waals surface area contributed by atoms with Gasteiger partial charge >= 0.3 is 6.03 Å². The summed E-state index contributed by atoms with van der Waals surface area (Å²) < 4.78 is 0. The summed E-state index contributed by atoms with van der Waals surface area (Å²) in [6, 6.07) is 19.4. The molecule has 0 atom stereocenters. The minimum atomic E-state index is -0.102. The monoisotopic (exact) mass is 351 g/mol. The van der Waals surface area contributed by atoms with Gasteiger partial charge in [-0.25, -0.2) is 4.79 Å². The number of hydrogen-bond donors (Lipinski definition) is 1. The third-order valence-electron chi connectivity index (χ3n) is 4.63. The van der Waals surface area contributed by atoms with Gasteiger partial charge in [0.25, 0.3) is 0 Å². The van der Waals surface area contributed by atoms with Crippen molar-refractivity contribution in [2.45, 2.75) is 19.3 Å². The van der Waals surface area contributed by atoms with Crippen LogP contribution < -0.4 is 5.32 Å². The highest BCUT2D eigenvalue weighted by atomic mass is 16.2. The number of nitrogens with zero attached hydrogens (tertiary/aromatic N) is 2. The normalized spacial score (nSPS) is 14.6. The van der Waals surface area contributed by atoms with Gasteiger partial charge in [-0.3, -0.25) is 4.79 Å². The van der Waals surface area contributed by atoms with E-state index in [1.165, 1.54) is 5.56 Å². The Labute approximate surface area is 154 Å². The molecule has 0 spiro atoms. The van der Waals surface area contributed by atoms with Crippen molar-refractivity contribution in [2.75, 3.05) is 31.5 Å². The first-order valence-electron chi connectivity index (χ1n) is 9.15. The number of nitrogens with one attached hydrogen (secondary N) is 1. The molecule has 136 valence electrons. The lowest BCUT2D eigenvalue weighted by molar-refractivity contribution is -0.131.